The highest BCUT2D eigenvalue weighted by atomic mass is 16.4. The molecule has 0 aliphatic heterocycles. The van der Waals surface area contributed by atoms with Gasteiger partial charge in [-0.1, -0.05) is 69.3 Å². The molecule has 0 atom stereocenters. The minimum absolute atomic E-state index is 0.0843. The number of carboxylic acid groups (broad SMARTS) is 1. The Bertz CT molecular complexity index is 1350. The Morgan fingerprint density at radius 3 is 2.24 bits per heavy atom. The summed E-state index contributed by atoms with van der Waals surface area (Å²) >= 11 is 0. The standard InChI is InChI=1S/C32H36N2O3/c1-4-18-33(31(35)26-14-12-24(13-15-26)23(2)3)19-8-9-20-34-22-29(25-10-6-5-7-11-25)28-17-16-27(32(36)37)21-30(28)34/h5-7,10-17,21-23H,4,8-9,18-20H2,1-3H3,(H,36,37). The van der Waals surface area contributed by atoms with E-state index in [1.54, 1.807) is 12.1 Å². The third kappa shape index (κ3) is 6.11. The van der Waals surface area contributed by atoms with Gasteiger partial charge in [0.05, 0.1) is 5.56 Å². The molecule has 37 heavy (non-hydrogen) atoms. The lowest BCUT2D eigenvalue weighted by atomic mass is 10.0. The fourth-order valence-corrected chi connectivity index (χ4v) is 4.82. The molecule has 192 valence electrons. The van der Waals surface area contributed by atoms with Crippen molar-refractivity contribution in [1.82, 2.24) is 9.47 Å². The zero-order valence-electron chi connectivity index (χ0n) is 22.0. The first-order valence-corrected chi connectivity index (χ1v) is 13.2. The van der Waals surface area contributed by atoms with Crippen molar-refractivity contribution in [2.75, 3.05) is 13.1 Å². The van der Waals surface area contributed by atoms with E-state index in [2.05, 4.69) is 55.8 Å². The molecule has 0 bridgehead atoms. The first-order chi connectivity index (χ1) is 17.9. The summed E-state index contributed by atoms with van der Waals surface area (Å²) in [6.45, 7) is 8.59. The summed E-state index contributed by atoms with van der Waals surface area (Å²) in [6, 6.07) is 23.5. The highest BCUT2D eigenvalue weighted by molar-refractivity contribution is 6.00. The number of hydrogen-bond acceptors (Lipinski definition) is 2. The number of hydrogen-bond donors (Lipinski definition) is 1. The number of benzene rings is 3. The molecule has 4 aromatic rings. The van der Waals surface area contributed by atoms with Crippen LogP contribution in [0, 0.1) is 0 Å². The second-order valence-electron chi connectivity index (χ2n) is 9.92. The molecule has 1 N–H and O–H groups in total. The van der Waals surface area contributed by atoms with Gasteiger partial charge in [-0.05, 0) is 60.6 Å². The minimum atomic E-state index is -0.925. The third-order valence-corrected chi connectivity index (χ3v) is 6.90. The van der Waals surface area contributed by atoms with Crippen LogP contribution in [0.2, 0.25) is 0 Å². The lowest BCUT2D eigenvalue weighted by Gasteiger charge is -2.22. The average Bonchev–Trinajstić information content (AvgIpc) is 3.28. The van der Waals surface area contributed by atoms with Crippen molar-refractivity contribution in [3.05, 3.63) is 95.7 Å². The van der Waals surface area contributed by atoms with Crippen LogP contribution in [0.5, 0.6) is 0 Å². The van der Waals surface area contributed by atoms with Gasteiger partial charge in [-0.15, -0.1) is 0 Å². The molecule has 5 nitrogen and oxygen atoms in total. The van der Waals surface area contributed by atoms with Crippen LogP contribution in [0.1, 0.15) is 72.2 Å². The molecular formula is C32H36N2O3. The van der Waals surface area contributed by atoms with Crippen LogP contribution in [-0.2, 0) is 6.54 Å². The zero-order valence-corrected chi connectivity index (χ0v) is 22.0. The second kappa shape index (κ2) is 11.9. The Labute approximate surface area is 219 Å². The average molecular weight is 497 g/mol. The Morgan fingerprint density at radius 1 is 0.892 bits per heavy atom. The van der Waals surface area contributed by atoms with Crippen molar-refractivity contribution in [3.63, 3.8) is 0 Å². The Kier molecular flexibility index (Phi) is 8.44. The molecule has 0 aliphatic rings. The molecule has 0 saturated heterocycles. The SMILES string of the molecule is CCCN(CCCCn1cc(-c2ccccc2)c2ccc(C(=O)O)cc21)C(=O)c1ccc(C(C)C)cc1. The van der Waals surface area contributed by atoms with E-state index in [1.807, 2.05) is 41.3 Å². The molecule has 0 radical (unpaired) electrons. The first-order valence-electron chi connectivity index (χ1n) is 13.2. The minimum Gasteiger partial charge on any atom is -0.478 e. The molecule has 4 rings (SSSR count). The van der Waals surface area contributed by atoms with Gasteiger partial charge in [-0.25, -0.2) is 4.79 Å². The van der Waals surface area contributed by atoms with Crippen molar-refractivity contribution in [3.8, 4) is 11.1 Å². The number of unbranched alkanes of at least 4 members (excludes halogenated alkanes) is 1. The number of aromatic nitrogens is 1. The van der Waals surface area contributed by atoms with E-state index in [1.165, 1.54) is 5.56 Å². The smallest absolute Gasteiger partial charge is 0.335 e. The third-order valence-electron chi connectivity index (χ3n) is 6.90. The van der Waals surface area contributed by atoms with Gasteiger partial charge < -0.3 is 14.6 Å². The molecule has 5 heteroatoms. The number of carbonyl (C=O) groups is 2. The highest BCUT2D eigenvalue weighted by Crippen LogP contribution is 2.31. The summed E-state index contributed by atoms with van der Waals surface area (Å²) in [5.41, 5.74) is 5.39. The van der Waals surface area contributed by atoms with Gasteiger partial charge in [-0.2, -0.15) is 0 Å². The number of carbonyl (C=O) groups excluding carboxylic acids is 1. The second-order valence-corrected chi connectivity index (χ2v) is 9.92. The summed E-state index contributed by atoms with van der Waals surface area (Å²) in [4.78, 5) is 26.8. The molecule has 0 fully saturated rings. The maximum Gasteiger partial charge on any atom is 0.335 e. The van der Waals surface area contributed by atoms with Gasteiger partial charge in [-0.3, -0.25) is 4.79 Å². The van der Waals surface area contributed by atoms with Crippen LogP contribution in [-0.4, -0.2) is 39.5 Å². The van der Waals surface area contributed by atoms with E-state index < -0.39 is 5.97 Å². The van der Waals surface area contributed by atoms with Gasteiger partial charge in [0.1, 0.15) is 0 Å². The van der Waals surface area contributed by atoms with Gasteiger partial charge in [0.25, 0.3) is 5.91 Å². The quantitative estimate of drug-likeness (QED) is 0.219. The largest absolute Gasteiger partial charge is 0.478 e. The molecule has 1 amide bonds. The number of aryl methyl sites for hydroxylation is 1. The molecule has 0 spiro atoms. The Balaban J connectivity index is 1.48. The number of aromatic carboxylic acids is 1. The maximum atomic E-state index is 13.2. The summed E-state index contributed by atoms with van der Waals surface area (Å²) in [5, 5.41) is 10.6. The molecular weight excluding hydrogens is 460 g/mol. The normalized spacial score (nSPS) is 11.2. The Hall–Kier alpha value is -3.86. The number of amides is 1. The fourth-order valence-electron chi connectivity index (χ4n) is 4.82. The van der Waals surface area contributed by atoms with Crippen molar-refractivity contribution in [2.24, 2.45) is 0 Å². The lowest BCUT2D eigenvalue weighted by Crippen LogP contribution is -2.32. The molecule has 1 heterocycles. The van der Waals surface area contributed by atoms with Crippen LogP contribution in [0.3, 0.4) is 0 Å². The van der Waals surface area contributed by atoms with Crippen LogP contribution in [0.15, 0.2) is 79.0 Å². The number of nitrogens with zero attached hydrogens (tertiary/aromatic N) is 2. The molecule has 0 aliphatic carbocycles. The van der Waals surface area contributed by atoms with E-state index in [-0.39, 0.29) is 11.5 Å². The number of rotatable bonds is 11. The van der Waals surface area contributed by atoms with Gasteiger partial charge >= 0.3 is 5.97 Å². The van der Waals surface area contributed by atoms with E-state index >= 15 is 0 Å². The van der Waals surface area contributed by atoms with Gasteiger partial charge in [0.15, 0.2) is 0 Å². The number of fused-ring (bicyclic) bond motifs is 1. The van der Waals surface area contributed by atoms with E-state index in [4.69, 9.17) is 0 Å². The number of carboxylic acids is 1. The topological polar surface area (TPSA) is 62.5 Å². The summed E-state index contributed by atoms with van der Waals surface area (Å²) < 4.78 is 2.15. The van der Waals surface area contributed by atoms with Crippen LogP contribution in [0.4, 0.5) is 0 Å². The molecule has 0 saturated carbocycles. The van der Waals surface area contributed by atoms with Crippen molar-refractivity contribution >= 4 is 22.8 Å². The summed E-state index contributed by atoms with van der Waals surface area (Å²) in [7, 11) is 0. The summed E-state index contributed by atoms with van der Waals surface area (Å²) in [6.07, 6.45) is 4.79. The predicted molar refractivity (Wildman–Crippen MR) is 150 cm³/mol. The molecule has 3 aromatic carbocycles. The van der Waals surface area contributed by atoms with Crippen LogP contribution in [0.25, 0.3) is 22.0 Å². The van der Waals surface area contributed by atoms with Crippen molar-refractivity contribution < 1.29 is 14.7 Å². The van der Waals surface area contributed by atoms with E-state index in [0.717, 1.165) is 59.9 Å². The molecule has 1 aromatic heterocycles. The first kappa shape index (κ1) is 26.2. The molecule has 0 unspecified atom stereocenters. The van der Waals surface area contributed by atoms with Crippen LogP contribution < -0.4 is 0 Å². The monoisotopic (exact) mass is 496 g/mol. The van der Waals surface area contributed by atoms with E-state index in [9.17, 15) is 14.7 Å². The predicted octanol–water partition coefficient (Wildman–Crippen LogP) is 7.46. The van der Waals surface area contributed by atoms with E-state index in [0.29, 0.717) is 12.5 Å². The lowest BCUT2D eigenvalue weighted by molar-refractivity contribution is 0.0695. The van der Waals surface area contributed by atoms with Crippen molar-refractivity contribution in [2.45, 2.75) is 52.5 Å². The fraction of sp³-hybridized carbons (Fsp3) is 0.312. The van der Waals surface area contributed by atoms with Gasteiger partial charge in [0, 0.05) is 47.9 Å². The highest BCUT2D eigenvalue weighted by Gasteiger charge is 2.16. The summed E-state index contributed by atoms with van der Waals surface area (Å²) in [5.74, 6) is -0.401. The Morgan fingerprint density at radius 2 is 1.59 bits per heavy atom. The van der Waals surface area contributed by atoms with Crippen molar-refractivity contribution in [1.29, 1.82) is 0 Å². The maximum absolute atomic E-state index is 13.2. The van der Waals surface area contributed by atoms with Crippen LogP contribution >= 0.6 is 0 Å². The zero-order chi connectivity index (χ0) is 26.4. The van der Waals surface area contributed by atoms with Gasteiger partial charge in [0.2, 0.25) is 0 Å².